The first-order valence-corrected chi connectivity index (χ1v) is 5.74. The minimum atomic E-state index is 0.729. The highest BCUT2D eigenvalue weighted by Crippen LogP contribution is 2.26. The second-order valence-corrected chi connectivity index (χ2v) is 4.90. The summed E-state index contributed by atoms with van der Waals surface area (Å²) < 4.78 is 0. The number of hydrogen-bond acceptors (Lipinski definition) is 2. The third-order valence-electron chi connectivity index (χ3n) is 3.91. The maximum Gasteiger partial charge on any atom is 0.0218 e. The van der Waals surface area contributed by atoms with Crippen molar-refractivity contribution in [1.82, 2.24) is 10.6 Å². The molecule has 1 heterocycles. The summed E-state index contributed by atoms with van der Waals surface area (Å²) in [5.74, 6) is 1.78. The zero-order valence-electron chi connectivity index (χ0n) is 8.84. The monoisotopic (exact) mass is 182 g/mol. The average molecular weight is 182 g/mol. The van der Waals surface area contributed by atoms with E-state index in [4.69, 9.17) is 0 Å². The Kier molecular flexibility index (Phi) is 2.89. The summed E-state index contributed by atoms with van der Waals surface area (Å²) in [6.07, 6.45) is 4.17. The van der Waals surface area contributed by atoms with E-state index in [1.54, 1.807) is 0 Å². The standard InChI is InChI=1S/C11H22N2/c1-8-3-4-10(8)13-7-11-9(2)5-6-12-11/h8-13H,3-7H2,1-2H3. The first-order valence-electron chi connectivity index (χ1n) is 5.74. The molecule has 2 fully saturated rings. The highest BCUT2D eigenvalue weighted by molar-refractivity contribution is 4.88. The van der Waals surface area contributed by atoms with Crippen LogP contribution in [0.5, 0.6) is 0 Å². The smallest absolute Gasteiger partial charge is 0.0218 e. The Hall–Kier alpha value is -0.0800. The molecule has 2 nitrogen and oxygen atoms in total. The summed E-state index contributed by atoms with van der Waals surface area (Å²) in [5.41, 5.74) is 0. The quantitative estimate of drug-likeness (QED) is 0.689. The number of rotatable bonds is 3. The molecule has 1 saturated heterocycles. The van der Waals surface area contributed by atoms with Crippen LogP contribution in [-0.4, -0.2) is 25.2 Å². The molecule has 0 radical (unpaired) electrons. The van der Waals surface area contributed by atoms with Gasteiger partial charge in [-0.1, -0.05) is 13.8 Å². The van der Waals surface area contributed by atoms with Gasteiger partial charge in [0, 0.05) is 18.6 Å². The van der Waals surface area contributed by atoms with Gasteiger partial charge < -0.3 is 10.6 Å². The SMILES string of the molecule is CC1CCC1NCC1NCCC1C. The van der Waals surface area contributed by atoms with Gasteiger partial charge >= 0.3 is 0 Å². The molecule has 4 unspecified atom stereocenters. The Balaban J connectivity index is 1.67. The van der Waals surface area contributed by atoms with Crippen molar-refractivity contribution in [1.29, 1.82) is 0 Å². The van der Waals surface area contributed by atoms with Crippen molar-refractivity contribution in [2.45, 2.75) is 45.2 Å². The fraction of sp³-hybridized carbons (Fsp3) is 1.00. The Morgan fingerprint density at radius 1 is 1.15 bits per heavy atom. The van der Waals surface area contributed by atoms with Crippen LogP contribution in [0, 0.1) is 11.8 Å². The highest BCUT2D eigenvalue weighted by atomic mass is 15.0. The molecule has 76 valence electrons. The zero-order valence-corrected chi connectivity index (χ0v) is 8.84. The molecule has 1 saturated carbocycles. The highest BCUT2D eigenvalue weighted by Gasteiger charge is 2.28. The van der Waals surface area contributed by atoms with Gasteiger partial charge in [0.05, 0.1) is 0 Å². The normalized spacial score (nSPS) is 44.8. The molecule has 2 rings (SSSR count). The molecule has 1 aliphatic heterocycles. The van der Waals surface area contributed by atoms with Gasteiger partial charge in [-0.3, -0.25) is 0 Å². The molecule has 0 bridgehead atoms. The van der Waals surface area contributed by atoms with Crippen molar-refractivity contribution in [2.24, 2.45) is 11.8 Å². The van der Waals surface area contributed by atoms with E-state index in [0.29, 0.717) is 0 Å². The van der Waals surface area contributed by atoms with Crippen LogP contribution in [0.3, 0.4) is 0 Å². The van der Waals surface area contributed by atoms with E-state index in [1.165, 1.54) is 32.4 Å². The number of hydrogen-bond donors (Lipinski definition) is 2. The minimum absolute atomic E-state index is 0.729. The molecular weight excluding hydrogens is 160 g/mol. The predicted molar refractivity (Wildman–Crippen MR) is 55.8 cm³/mol. The fourth-order valence-electron chi connectivity index (χ4n) is 2.42. The first kappa shape index (κ1) is 9.47. The van der Waals surface area contributed by atoms with Gasteiger partial charge in [0.1, 0.15) is 0 Å². The lowest BCUT2D eigenvalue weighted by molar-refractivity contribution is 0.221. The largest absolute Gasteiger partial charge is 0.312 e. The molecule has 2 aliphatic rings. The van der Waals surface area contributed by atoms with Crippen LogP contribution in [0.25, 0.3) is 0 Å². The fourth-order valence-corrected chi connectivity index (χ4v) is 2.42. The summed E-state index contributed by atoms with van der Waals surface area (Å²) >= 11 is 0. The van der Waals surface area contributed by atoms with Crippen molar-refractivity contribution < 1.29 is 0 Å². The lowest BCUT2D eigenvalue weighted by atomic mass is 9.81. The zero-order chi connectivity index (χ0) is 9.26. The van der Waals surface area contributed by atoms with E-state index in [1.807, 2.05) is 0 Å². The molecular formula is C11H22N2. The Labute approximate surface area is 81.5 Å². The summed E-state index contributed by atoms with van der Waals surface area (Å²) in [6.45, 7) is 7.10. The topological polar surface area (TPSA) is 24.1 Å². The van der Waals surface area contributed by atoms with Crippen molar-refractivity contribution >= 4 is 0 Å². The molecule has 2 heteroatoms. The van der Waals surface area contributed by atoms with Crippen LogP contribution < -0.4 is 10.6 Å². The Bertz CT molecular complexity index is 169. The van der Waals surface area contributed by atoms with E-state index in [2.05, 4.69) is 24.5 Å². The van der Waals surface area contributed by atoms with Crippen LogP contribution in [-0.2, 0) is 0 Å². The van der Waals surface area contributed by atoms with Crippen LogP contribution >= 0.6 is 0 Å². The molecule has 1 aliphatic carbocycles. The summed E-state index contributed by atoms with van der Waals surface area (Å²) in [7, 11) is 0. The average Bonchev–Trinajstić information content (AvgIpc) is 2.50. The van der Waals surface area contributed by atoms with Crippen LogP contribution in [0.15, 0.2) is 0 Å². The van der Waals surface area contributed by atoms with Crippen molar-refractivity contribution in [3.8, 4) is 0 Å². The second kappa shape index (κ2) is 3.97. The third-order valence-corrected chi connectivity index (χ3v) is 3.91. The second-order valence-electron chi connectivity index (χ2n) is 4.90. The van der Waals surface area contributed by atoms with E-state index in [9.17, 15) is 0 Å². The first-order chi connectivity index (χ1) is 6.27. The van der Waals surface area contributed by atoms with E-state index < -0.39 is 0 Å². The van der Waals surface area contributed by atoms with Gasteiger partial charge in [-0.25, -0.2) is 0 Å². The van der Waals surface area contributed by atoms with E-state index in [0.717, 1.165) is 23.9 Å². The van der Waals surface area contributed by atoms with Crippen LogP contribution in [0.1, 0.15) is 33.1 Å². The van der Waals surface area contributed by atoms with Crippen molar-refractivity contribution in [3.05, 3.63) is 0 Å². The maximum absolute atomic E-state index is 3.68. The van der Waals surface area contributed by atoms with Gasteiger partial charge in [0.15, 0.2) is 0 Å². The molecule has 0 aromatic carbocycles. The molecule has 4 atom stereocenters. The molecule has 0 amide bonds. The van der Waals surface area contributed by atoms with Crippen molar-refractivity contribution in [2.75, 3.05) is 13.1 Å². The van der Waals surface area contributed by atoms with E-state index >= 15 is 0 Å². The summed E-state index contributed by atoms with van der Waals surface area (Å²) in [4.78, 5) is 0. The van der Waals surface area contributed by atoms with Gasteiger partial charge in [0.25, 0.3) is 0 Å². The predicted octanol–water partition coefficient (Wildman–Crippen LogP) is 1.37. The van der Waals surface area contributed by atoms with Gasteiger partial charge in [-0.15, -0.1) is 0 Å². The molecule has 13 heavy (non-hydrogen) atoms. The third kappa shape index (κ3) is 2.05. The lowest BCUT2D eigenvalue weighted by Gasteiger charge is -2.35. The van der Waals surface area contributed by atoms with Crippen LogP contribution in [0.4, 0.5) is 0 Å². The van der Waals surface area contributed by atoms with Gasteiger partial charge in [0.2, 0.25) is 0 Å². The lowest BCUT2D eigenvalue weighted by Crippen LogP contribution is -2.48. The molecule has 2 N–H and O–H groups in total. The molecule has 0 aromatic heterocycles. The Morgan fingerprint density at radius 3 is 2.46 bits per heavy atom. The van der Waals surface area contributed by atoms with E-state index in [-0.39, 0.29) is 0 Å². The number of nitrogens with one attached hydrogen (secondary N) is 2. The van der Waals surface area contributed by atoms with Crippen molar-refractivity contribution in [3.63, 3.8) is 0 Å². The maximum atomic E-state index is 3.68. The molecule has 0 spiro atoms. The Morgan fingerprint density at radius 2 is 2.00 bits per heavy atom. The van der Waals surface area contributed by atoms with Gasteiger partial charge in [-0.2, -0.15) is 0 Å². The minimum Gasteiger partial charge on any atom is -0.312 e. The summed E-state index contributed by atoms with van der Waals surface area (Å²) in [6, 6.07) is 1.54. The molecule has 0 aromatic rings. The van der Waals surface area contributed by atoms with Gasteiger partial charge in [-0.05, 0) is 37.6 Å². The summed E-state index contributed by atoms with van der Waals surface area (Å²) in [5, 5.41) is 7.24. The van der Waals surface area contributed by atoms with Crippen LogP contribution in [0.2, 0.25) is 0 Å².